The van der Waals surface area contributed by atoms with Crippen LogP contribution in [-0.4, -0.2) is 22.4 Å². The van der Waals surface area contributed by atoms with Gasteiger partial charge in [0.2, 0.25) is 5.75 Å². The van der Waals surface area contributed by atoms with E-state index in [0.29, 0.717) is 5.69 Å². The maximum Gasteiger partial charge on any atom is 0.406 e. The Kier molecular flexibility index (Phi) is 5.04. The highest BCUT2D eigenvalue weighted by atomic mass is 127. The van der Waals surface area contributed by atoms with Crippen molar-refractivity contribution < 1.29 is 14.5 Å². The first-order valence-corrected chi connectivity index (χ1v) is 6.92. The van der Waals surface area contributed by atoms with E-state index in [-0.39, 0.29) is 12.4 Å². The molecule has 0 atom stereocenters. The van der Waals surface area contributed by atoms with Crippen LogP contribution in [0.2, 0.25) is 0 Å². The molecular formula is C13H10IN3O4. The molecule has 2 rings (SSSR count). The third-order valence-electron chi connectivity index (χ3n) is 2.41. The Morgan fingerprint density at radius 1 is 1.33 bits per heavy atom. The quantitative estimate of drug-likeness (QED) is 0.474. The fraction of sp³-hybridized carbons (Fsp3) is 0.0769. The Morgan fingerprint density at radius 2 is 2.05 bits per heavy atom. The fourth-order valence-electron chi connectivity index (χ4n) is 1.51. The molecule has 0 spiro atoms. The first-order chi connectivity index (χ1) is 10.1. The molecule has 0 saturated heterocycles. The summed E-state index contributed by atoms with van der Waals surface area (Å²) < 4.78 is 6.19. The van der Waals surface area contributed by atoms with Gasteiger partial charge in [-0.05, 0) is 68.9 Å². The molecule has 2 aromatic rings. The van der Waals surface area contributed by atoms with Crippen LogP contribution in [0.1, 0.15) is 0 Å². The van der Waals surface area contributed by atoms with Crippen LogP contribution in [0.4, 0.5) is 11.5 Å². The summed E-state index contributed by atoms with van der Waals surface area (Å²) in [5.74, 6) is -0.866. The van der Waals surface area contributed by atoms with E-state index in [0.717, 1.165) is 3.57 Å². The summed E-state index contributed by atoms with van der Waals surface area (Å²) in [5.41, 5.74) is 0.629. The van der Waals surface area contributed by atoms with Crippen molar-refractivity contribution in [1.82, 2.24) is 4.98 Å². The number of ether oxygens (including phenoxy) is 1. The number of nitrogens with one attached hydrogen (secondary N) is 1. The molecule has 0 aliphatic carbocycles. The molecule has 0 radical (unpaired) electrons. The number of carbonyl (C=O) groups is 1. The van der Waals surface area contributed by atoms with Crippen LogP contribution in [-0.2, 0) is 4.79 Å². The summed E-state index contributed by atoms with van der Waals surface area (Å²) in [7, 11) is 0. The van der Waals surface area contributed by atoms with Crippen LogP contribution in [0.15, 0.2) is 42.6 Å². The zero-order valence-electron chi connectivity index (χ0n) is 10.7. The van der Waals surface area contributed by atoms with Crippen molar-refractivity contribution in [2.45, 2.75) is 0 Å². The minimum atomic E-state index is -0.660. The average molecular weight is 399 g/mol. The lowest BCUT2D eigenvalue weighted by Crippen LogP contribution is -2.20. The van der Waals surface area contributed by atoms with E-state index in [1.54, 1.807) is 12.1 Å². The van der Waals surface area contributed by atoms with Crippen LogP contribution in [0, 0.1) is 13.7 Å². The molecule has 1 aromatic heterocycles. The van der Waals surface area contributed by atoms with Crippen molar-refractivity contribution >= 4 is 40.0 Å². The van der Waals surface area contributed by atoms with Crippen molar-refractivity contribution in [2.75, 3.05) is 11.9 Å². The number of hydrogen-bond donors (Lipinski definition) is 1. The number of pyridine rings is 1. The lowest BCUT2D eigenvalue weighted by Gasteiger charge is -2.07. The Hall–Kier alpha value is -2.23. The van der Waals surface area contributed by atoms with Gasteiger partial charge in [0.15, 0.2) is 6.61 Å². The molecule has 8 heteroatoms. The minimum Gasteiger partial charge on any atom is -0.476 e. The van der Waals surface area contributed by atoms with E-state index in [9.17, 15) is 14.9 Å². The molecule has 0 bridgehead atoms. The van der Waals surface area contributed by atoms with Crippen molar-refractivity contribution in [1.29, 1.82) is 0 Å². The fourth-order valence-corrected chi connectivity index (χ4v) is 1.87. The highest BCUT2D eigenvalue weighted by Gasteiger charge is 2.16. The molecule has 7 nitrogen and oxygen atoms in total. The lowest BCUT2D eigenvalue weighted by molar-refractivity contribution is -0.390. The van der Waals surface area contributed by atoms with Crippen molar-refractivity contribution in [3.63, 3.8) is 0 Å². The second-order valence-electron chi connectivity index (χ2n) is 3.93. The van der Waals surface area contributed by atoms with E-state index >= 15 is 0 Å². The smallest absolute Gasteiger partial charge is 0.406 e. The van der Waals surface area contributed by atoms with Gasteiger partial charge in [-0.25, -0.2) is 0 Å². The maximum atomic E-state index is 11.7. The summed E-state index contributed by atoms with van der Waals surface area (Å²) in [4.78, 5) is 25.4. The lowest BCUT2D eigenvalue weighted by atomic mass is 10.3. The topological polar surface area (TPSA) is 94.4 Å². The Morgan fingerprint density at radius 3 is 2.71 bits per heavy atom. The molecule has 0 fully saturated rings. The number of anilines is 1. The van der Waals surface area contributed by atoms with Gasteiger partial charge in [0.05, 0.1) is 0 Å². The van der Waals surface area contributed by atoms with Gasteiger partial charge in [0, 0.05) is 9.26 Å². The van der Waals surface area contributed by atoms with Gasteiger partial charge in [-0.3, -0.25) is 4.79 Å². The molecule has 0 saturated carbocycles. The van der Waals surface area contributed by atoms with Gasteiger partial charge >= 0.3 is 5.82 Å². The first-order valence-electron chi connectivity index (χ1n) is 5.84. The van der Waals surface area contributed by atoms with Crippen LogP contribution < -0.4 is 10.1 Å². The van der Waals surface area contributed by atoms with E-state index in [4.69, 9.17) is 4.74 Å². The number of nitrogens with zero attached hydrogens (tertiary/aromatic N) is 2. The number of hydrogen-bond acceptors (Lipinski definition) is 5. The Labute approximate surface area is 133 Å². The summed E-state index contributed by atoms with van der Waals surface area (Å²) in [6.45, 7) is -0.335. The van der Waals surface area contributed by atoms with Gasteiger partial charge in [-0.1, -0.05) is 0 Å². The molecular weight excluding hydrogens is 389 g/mol. The molecule has 1 N–H and O–H groups in total. The number of carbonyl (C=O) groups excluding carboxylic acids is 1. The third kappa shape index (κ3) is 4.38. The highest BCUT2D eigenvalue weighted by Crippen LogP contribution is 2.22. The normalized spacial score (nSPS) is 9.95. The van der Waals surface area contributed by atoms with E-state index in [1.165, 1.54) is 18.3 Å². The second-order valence-corrected chi connectivity index (χ2v) is 5.17. The van der Waals surface area contributed by atoms with Crippen molar-refractivity contribution in [2.24, 2.45) is 0 Å². The number of rotatable bonds is 5. The zero-order chi connectivity index (χ0) is 15.2. The monoisotopic (exact) mass is 399 g/mol. The van der Waals surface area contributed by atoms with Gasteiger partial charge in [0.25, 0.3) is 5.91 Å². The van der Waals surface area contributed by atoms with Gasteiger partial charge in [-0.15, -0.1) is 0 Å². The van der Waals surface area contributed by atoms with Gasteiger partial charge in [-0.2, -0.15) is 0 Å². The summed E-state index contributed by atoms with van der Waals surface area (Å²) >= 11 is 2.16. The van der Waals surface area contributed by atoms with E-state index in [1.807, 2.05) is 12.1 Å². The molecule has 0 unspecified atom stereocenters. The number of amides is 1. The minimum absolute atomic E-state index is 0.0414. The second kappa shape index (κ2) is 6.97. The van der Waals surface area contributed by atoms with Crippen molar-refractivity contribution in [3.05, 3.63) is 56.3 Å². The molecule has 1 heterocycles. The number of halogens is 1. The van der Waals surface area contributed by atoms with Crippen LogP contribution >= 0.6 is 22.6 Å². The molecule has 108 valence electrons. The summed E-state index contributed by atoms with van der Waals surface area (Å²) in [5, 5.41) is 13.4. The molecule has 1 amide bonds. The largest absolute Gasteiger partial charge is 0.476 e. The molecule has 0 aliphatic rings. The van der Waals surface area contributed by atoms with Crippen LogP contribution in [0.25, 0.3) is 0 Å². The SMILES string of the molecule is O=C(COc1cccnc1[N+](=O)[O-])Nc1ccc(I)cc1. The number of benzene rings is 1. The van der Waals surface area contributed by atoms with E-state index < -0.39 is 16.6 Å². The average Bonchev–Trinajstić information content (AvgIpc) is 2.48. The first kappa shape index (κ1) is 15.2. The van der Waals surface area contributed by atoms with Crippen LogP contribution in [0.5, 0.6) is 5.75 Å². The summed E-state index contributed by atoms with van der Waals surface area (Å²) in [6, 6.07) is 10.1. The maximum absolute atomic E-state index is 11.7. The third-order valence-corrected chi connectivity index (χ3v) is 3.13. The predicted molar refractivity (Wildman–Crippen MR) is 84.2 cm³/mol. The molecule has 0 aliphatic heterocycles. The molecule has 1 aromatic carbocycles. The van der Waals surface area contributed by atoms with Crippen molar-refractivity contribution in [3.8, 4) is 5.75 Å². The highest BCUT2D eigenvalue weighted by molar-refractivity contribution is 14.1. The van der Waals surface area contributed by atoms with Gasteiger partial charge in [0.1, 0.15) is 6.20 Å². The predicted octanol–water partition coefficient (Wildman–Crippen LogP) is 2.61. The number of aromatic nitrogens is 1. The Bertz CT molecular complexity index is 661. The van der Waals surface area contributed by atoms with E-state index in [2.05, 4.69) is 32.9 Å². The van der Waals surface area contributed by atoms with Gasteiger partial charge < -0.3 is 20.2 Å². The Balaban J connectivity index is 1.95. The standard InChI is InChI=1S/C13H10IN3O4/c14-9-3-5-10(6-4-9)16-12(18)8-21-11-2-1-7-15-13(11)17(19)20/h1-7H,8H2,(H,16,18). The van der Waals surface area contributed by atoms with Crippen LogP contribution in [0.3, 0.4) is 0 Å². The molecule has 21 heavy (non-hydrogen) atoms. The summed E-state index contributed by atoms with van der Waals surface area (Å²) in [6.07, 6.45) is 1.29. The zero-order valence-corrected chi connectivity index (χ0v) is 12.8. The number of nitro groups is 1.